The molecule has 0 saturated carbocycles. The number of hydrogen-bond acceptors (Lipinski definition) is 5. The first-order valence-electron chi connectivity index (χ1n) is 10.2. The fourth-order valence-corrected chi connectivity index (χ4v) is 3.88. The molecule has 0 bridgehead atoms. The predicted molar refractivity (Wildman–Crippen MR) is 131 cm³/mol. The van der Waals surface area contributed by atoms with E-state index in [1.165, 1.54) is 6.08 Å². The zero-order valence-electron chi connectivity index (χ0n) is 17.4. The van der Waals surface area contributed by atoms with Crippen molar-refractivity contribution < 1.29 is 4.79 Å². The summed E-state index contributed by atoms with van der Waals surface area (Å²) in [4.78, 5) is 24.1. The van der Waals surface area contributed by atoms with Crippen molar-refractivity contribution in [3.63, 3.8) is 0 Å². The number of carbonyl (C=O) groups excluding carboxylic acids is 1. The maximum atomic E-state index is 11.3. The minimum absolute atomic E-state index is 0.175. The Morgan fingerprint density at radius 1 is 1.03 bits per heavy atom. The van der Waals surface area contributed by atoms with Gasteiger partial charge < -0.3 is 15.6 Å². The number of hydrogen-bond donors (Lipinski definition) is 3. The van der Waals surface area contributed by atoms with Crippen LogP contribution < -0.4 is 10.6 Å². The second-order valence-corrected chi connectivity index (χ2v) is 7.98. The molecule has 2 aromatic heterocycles. The van der Waals surface area contributed by atoms with Crippen LogP contribution >= 0.6 is 11.8 Å². The number of H-pyrrole nitrogens is 1. The van der Waals surface area contributed by atoms with E-state index in [-0.39, 0.29) is 5.91 Å². The normalized spacial score (nSPS) is 10.5. The molecule has 0 aliphatic carbocycles. The number of aromatic amines is 1. The first kappa shape index (κ1) is 21.4. The quantitative estimate of drug-likeness (QED) is 0.187. The van der Waals surface area contributed by atoms with Crippen molar-refractivity contribution in [1.82, 2.24) is 20.3 Å². The van der Waals surface area contributed by atoms with Gasteiger partial charge in [-0.3, -0.25) is 4.79 Å². The third-order valence-corrected chi connectivity index (χ3v) is 5.52. The van der Waals surface area contributed by atoms with Crippen LogP contribution in [0.15, 0.2) is 96.8 Å². The summed E-state index contributed by atoms with van der Waals surface area (Å²) in [6.45, 7) is 4.00. The topological polar surface area (TPSA) is 82.7 Å². The van der Waals surface area contributed by atoms with Gasteiger partial charge >= 0.3 is 0 Å². The Kier molecular flexibility index (Phi) is 6.99. The van der Waals surface area contributed by atoms with Crippen molar-refractivity contribution in [3.8, 4) is 22.5 Å². The van der Waals surface area contributed by atoms with Crippen LogP contribution in [0.2, 0.25) is 0 Å². The number of amides is 1. The summed E-state index contributed by atoms with van der Waals surface area (Å²) in [5.74, 6) is 1.26. The molecule has 4 aromatic rings. The molecule has 0 atom stereocenters. The molecule has 0 aliphatic rings. The van der Waals surface area contributed by atoms with Crippen LogP contribution in [-0.4, -0.2) is 33.2 Å². The summed E-state index contributed by atoms with van der Waals surface area (Å²) in [6, 6.07) is 24.0. The lowest BCUT2D eigenvalue weighted by molar-refractivity contribution is -0.116. The smallest absolute Gasteiger partial charge is 0.243 e. The standard InChI is InChI=1S/C25H23N5OS/c1-2-22(31)27-15-16-32-25-29-23(18-9-5-3-6-10-18)24(30-25)19-13-14-26-21(17-19)28-20-11-7-4-8-12-20/h2-14,17H,1,15-16H2,(H,26,28)(H,27,31)(H,29,30). The largest absolute Gasteiger partial charge is 0.352 e. The number of benzene rings is 2. The van der Waals surface area contributed by atoms with Crippen LogP contribution in [0.25, 0.3) is 22.5 Å². The molecule has 2 aromatic carbocycles. The van der Waals surface area contributed by atoms with Gasteiger partial charge in [-0.15, -0.1) is 0 Å². The van der Waals surface area contributed by atoms with Gasteiger partial charge in [0.25, 0.3) is 0 Å². The van der Waals surface area contributed by atoms with E-state index in [2.05, 4.69) is 39.3 Å². The number of aromatic nitrogens is 3. The van der Waals surface area contributed by atoms with Crippen LogP contribution in [-0.2, 0) is 4.79 Å². The van der Waals surface area contributed by atoms with E-state index >= 15 is 0 Å². The van der Waals surface area contributed by atoms with Crippen molar-refractivity contribution >= 4 is 29.2 Å². The summed E-state index contributed by atoms with van der Waals surface area (Å²) >= 11 is 1.56. The fourth-order valence-electron chi connectivity index (χ4n) is 3.15. The van der Waals surface area contributed by atoms with E-state index in [1.54, 1.807) is 18.0 Å². The summed E-state index contributed by atoms with van der Waals surface area (Å²) in [6.07, 6.45) is 3.05. The first-order valence-corrected chi connectivity index (χ1v) is 11.2. The van der Waals surface area contributed by atoms with Crippen LogP contribution in [0.5, 0.6) is 0 Å². The third kappa shape index (κ3) is 5.44. The highest BCUT2D eigenvalue weighted by Gasteiger charge is 2.15. The van der Waals surface area contributed by atoms with E-state index in [0.29, 0.717) is 12.3 Å². The minimum atomic E-state index is -0.175. The molecule has 7 heteroatoms. The van der Waals surface area contributed by atoms with Crippen molar-refractivity contribution in [3.05, 3.63) is 91.6 Å². The third-order valence-electron chi connectivity index (χ3n) is 4.65. The summed E-state index contributed by atoms with van der Waals surface area (Å²) in [5.41, 5.74) is 4.78. The van der Waals surface area contributed by atoms with Crippen LogP contribution in [0.3, 0.4) is 0 Å². The lowest BCUT2D eigenvalue weighted by atomic mass is 10.1. The average Bonchev–Trinajstić information content (AvgIpc) is 3.27. The monoisotopic (exact) mass is 441 g/mol. The molecular weight excluding hydrogens is 418 g/mol. The zero-order valence-corrected chi connectivity index (χ0v) is 18.2. The van der Waals surface area contributed by atoms with E-state index in [0.717, 1.165) is 39.2 Å². The van der Waals surface area contributed by atoms with E-state index in [1.807, 2.05) is 60.7 Å². The van der Waals surface area contributed by atoms with Gasteiger partial charge in [0.1, 0.15) is 5.82 Å². The molecule has 0 aliphatic heterocycles. The molecule has 32 heavy (non-hydrogen) atoms. The maximum absolute atomic E-state index is 11.3. The van der Waals surface area contributed by atoms with E-state index in [9.17, 15) is 4.79 Å². The zero-order chi connectivity index (χ0) is 22.2. The highest BCUT2D eigenvalue weighted by Crippen LogP contribution is 2.33. The molecule has 0 spiro atoms. The van der Waals surface area contributed by atoms with Gasteiger partial charge in [-0.1, -0.05) is 66.9 Å². The molecular formula is C25H23N5OS. The number of carbonyl (C=O) groups is 1. The van der Waals surface area contributed by atoms with Crippen molar-refractivity contribution in [2.75, 3.05) is 17.6 Å². The van der Waals surface area contributed by atoms with Gasteiger partial charge in [0.05, 0.1) is 11.4 Å². The molecule has 0 saturated heterocycles. The fraction of sp³-hybridized carbons (Fsp3) is 0.0800. The second kappa shape index (κ2) is 10.5. The van der Waals surface area contributed by atoms with Gasteiger partial charge in [-0.2, -0.15) is 0 Å². The van der Waals surface area contributed by atoms with Gasteiger partial charge in [-0.05, 0) is 30.3 Å². The Morgan fingerprint density at radius 3 is 2.53 bits per heavy atom. The maximum Gasteiger partial charge on any atom is 0.243 e. The van der Waals surface area contributed by atoms with Crippen molar-refractivity contribution in [2.45, 2.75) is 5.16 Å². The van der Waals surface area contributed by atoms with Crippen LogP contribution in [0, 0.1) is 0 Å². The van der Waals surface area contributed by atoms with Gasteiger partial charge in [0.15, 0.2) is 5.16 Å². The number of para-hydroxylation sites is 1. The van der Waals surface area contributed by atoms with Crippen LogP contribution in [0.4, 0.5) is 11.5 Å². The Bertz CT molecular complexity index is 1190. The average molecular weight is 442 g/mol. The molecule has 160 valence electrons. The summed E-state index contributed by atoms with van der Waals surface area (Å²) < 4.78 is 0. The van der Waals surface area contributed by atoms with E-state index in [4.69, 9.17) is 4.98 Å². The second-order valence-electron chi connectivity index (χ2n) is 6.90. The summed E-state index contributed by atoms with van der Waals surface area (Å²) in [7, 11) is 0. The van der Waals surface area contributed by atoms with Gasteiger partial charge in [0.2, 0.25) is 5.91 Å². The highest BCUT2D eigenvalue weighted by molar-refractivity contribution is 7.99. The van der Waals surface area contributed by atoms with Gasteiger partial charge in [-0.25, -0.2) is 9.97 Å². The Hall–Kier alpha value is -3.84. The molecule has 0 unspecified atom stereocenters. The predicted octanol–water partition coefficient (Wildman–Crippen LogP) is 5.28. The number of nitrogens with one attached hydrogen (secondary N) is 3. The number of thioether (sulfide) groups is 1. The Balaban J connectivity index is 1.60. The number of pyridine rings is 1. The molecule has 4 rings (SSSR count). The molecule has 0 fully saturated rings. The Labute approximate surface area is 191 Å². The lowest BCUT2D eigenvalue weighted by Gasteiger charge is -2.08. The number of anilines is 2. The summed E-state index contributed by atoms with van der Waals surface area (Å²) in [5, 5.41) is 6.91. The lowest BCUT2D eigenvalue weighted by Crippen LogP contribution is -2.23. The SMILES string of the molecule is C=CC(=O)NCCSc1nc(-c2ccnc(Nc3ccccc3)c2)c(-c2ccccc2)[nH]1. The van der Waals surface area contributed by atoms with Gasteiger partial charge in [0, 0.05) is 35.3 Å². The van der Waals surface area contributed by atoms with Crippen molar-refractivity contribution in [1.29, 1.82) is 0 Å². The highest BCUT2D eigenvalue weighted by atomic mass is 32.2. The van der Waals surface area contributed by atoms with Crippen LogP contribution in [0.1, 0.15) is 0 Å². The number of rotatable bonds is 9. The number of imidazole rings is 1. The molecule has 2 heterocycles. The molecule has 0 radical (unpaired) electrons. The minimum Gasteiger partial charge on any atom is -0.352 e. The number of nitrogens with zero attached hydrogens (tertiary/aromatic N) is 2. The van der Waals surface area contributed by atoms with E-state index < -0.39 is 0 Å². The molecule has 1 amide bonds. The molecule has 3 N–H and O–H groups in total. The van der Waals surface area contributed by atoms with Crippen molar-refractivity contribution in [2.24, 2.45) is 0 Å². The Morgan fingerprint density at radius 2 is 1.78 bits per heavy atom. The molecule has 6 nitrogen and oxygen atoms in total. The first-order chi connectivity index (χ1) is 15.7.